The number of hydrogen-bond acceptors (Lipinski definition) is 4. The van der Waals surface area contributed by atoms with Crippen LogP contribution in [0.1, 0.15) is 24.9 Å². The first kappa shape index (κ1) is 11.6. The minimum Gasteiger partial charge on any atom is -0.462 e. The van der Waals surface area contributed by atoms with Crippen LogP contribution in [0.2, 0.25) is 0 Å². The van der Waals surface area contributed by atoms with Crippen molar-refractivity contribution in [2.45, 2.75) is 32.6 Å². The number of nitrogens with one attached hydrogen (secondary N) is 1. The standard InChI is InChI=1S/C12H19NO3/c1-9-10(4-5-15-9)6-13-7-11-2-3-12(8-14)16-11/h2-3,9-10,13-14H,4-8H2,1H3. The summed E-state index contributed by atoms with van der Waals surface area (Å²) in [6.07, 6.45) is 1.49. The topological polar surface area (TPSA) is 54.6 Å². The van der Waals surface area contributed by atoms with Gasteiger partial charge in [-0.05, 0) is 31.4 Å². The summed E-state index contributed by atoms with van der Waals surface area (Å²) in [5.41, 5.74) is 0. The molecule has 1 aliphatic heterocycles. The van der Waals surface area contributed by atoms with E-state index in [2.05, 4.69) is 12.2 Å². The molecular formula is C12H19NO3. The summed E-state index contributed by atoms with van der Waals surface area (Å²) in [5.74, 6) is 2.09. The minimum atomic E-state index is -0.0342. The third-order valence-electron chi connectivity index (χ3n) is 3.11. The van der Waals surface area contributed by atoms with Crippen LogP contribution in [0.4, 0.5) is 0 Å². The summed E-state index contributed by atoms with van der Waals surface area (Å²) < 4.78 is 10.9. The maximum Gasteiger partial charge on any atom is 0.129 e. The van der Waals surface area contributed by atoms with Crippen LogP contribution in [0.25, 0.3) is 0 Å². The number of aliphatic hydroxyl groups is 1. The predicted octanol–water partition coefficient (Wildman–Crippen LogP) is 1.29. The molecule has 1 aromatic rings. The van der Waals surface area contributed by atoms with Crippen LogP contribution in [0, 0.1) is 5.92 Å². The molecule has 2 unspecified atom stereocenters. The van der Waals surface area contributed by atoms with E-state index in [9.17, 15) is 0 Å². The summed E-state index contributed by atoms with van der Waals surface area (Å²) in [4.78, 5) is 0. The van der Waals surface area contributed by atoms with E-state index in [1.54, 1.807) is 6.07 Å². The lowest BCUT2D eigenvalue weighted by atomic mass is 10.0. The summed E-state index contributed by atoms with van der Waals surface area (Å²) in [6.45, 7) is 4.63. The maximum atomic E-state index is 8.85. The Labute approximate surface area is 95.6 Å². The van der Waals surface area contributed by atoms with Crippen molar-refractivity contribution in [3.05, 3.63) is 23.7 Å². The van der Waals surface area contributed by atoms with Gasteiger partial charge in [0.05, 0.1) is 12.6 Å². The van der Waals surface area contributed by atoms with Gasteiger partial charge in [0.15, 0.2) is 0 Å². The second kappa shape index (κ2) is 5.48. The molecule has 1 saturated heterocycles. The predicted molar refractivity (Wildman–Crippen MR) is 59.9 cm³/mol. The van der Waals surface area contributed by atoms with Gasteiger partial charge in [0.25, 0.3) is 0 Å². The molecule has 0 spiro atoms. The van der Waals surface area contributed by atoms with Crippen molar-refractivity contribution in [2.75, 3.05) is 13.2 Å². The lowest BCUT2D eigenvalue weighted by Gasteiger charge is -2.13. The zero-order valence-corrected chi connectivity index (χ0v) is 9.61. The Morgan fingerprint density at radius 1 is 1.44 bits per heavy atom. The highest BCUT2D eigenvalue weighted by molar-refractivity contribution is 5.06. The highest BCUT2D eigenvalue weighted by Gasteiger charge is 2.23. The van der Waals surface area contributed by atoms with Crippen LogP contribution < -0.4 is 5.32 Å². The number of aliphatic hydroxyl groups excluding tert-OH is 1. The second-order valence-electron chi connectivity index (χ2n) is 4.28. The Bertz CT molecular complexity index is 324. The largest absolute Gasteiger partial charge is 0.462 e. The van der Waals surface area contributed by atoms with E-state index in [-0.39, 0.29) is 6.61 Å². The molecule has 2 heterocycles. The molecular weight excluding hydrogens is 206 g/mol. The monoisotopic (exact) mass is 225 g/mol. The fourth-order valence-corrected chi connectivity index (χ4v) is 2.03. The summed E-state index contributed by atoms with van der Waals surface area (Å²) in [7, 11) is 0. The van der Waals surface area contributed by atoms with Gasteiger partial charge in [-0.1, -0.05) is 0 Å². The fraction of sp³-hybridized carbons (Fsp3) is 0.667. The molecule has 0 saturated carbocycles. The van der Waals surface area contributed by atoms with Gasteiger partial charge in [-0.2, -0.15) is 0 Å². The van der Waals surface area contributed by atoms with Crippen LogP contribution in [0.5, 0.6) is 0 Å². The van der Waals surface area contributed by atoms with E-state index in [0.29, 0.717) is 24.3 Å². The van der Waals surface area contributed by atoms with Gasteiger partial charge >= 0.3 is 0 Å². The van der Waals surface area contributed by atoms with Gasteiger partial charge in [0.2, 0.25) is 0 Å². The quantitative estimate of drug-likeness (QED) is 0.792. The van der Waals surface area contributed by atoms with Gasteiger partial charge in [-0.15, -0.1) is 0 Å². The van der Waals surface area contributed by atoms with E-state index in [1.165, 1.54) is 0 Å². The van der Waals surface area contributed by atoms with Crippen LogP contribution in [-0.2, 0) is 17.9 Å². The molecule has 2 N–H and O–H groups in total. The first-order valence-corrected chi connectivity index (χ1v) is 5.80. The molecule has 1 aliphatic rings. The molecule has 16 heavy (non-hydrogen) atoms. The van der Waals surface area contributed by atoms with E-state index < -0.39 is 0 Å². The summed E-state index contributed by atoms with van der Waals surface area (Å²) >= 11 is 0. The number of hydrogen-bond donors (Lipinski definition) is 2. The van der Waals surface area contributed by atoms with Gasteiger partial charge < -0.3 is 19.6 Å². The zero-order chi connectivity index (χ0) is 11.4. The Morgan fingerprint density at radius 3 is 2.88 bits per heavy atom. The third-order valence-corrected chi connectivity index (χ3v) is 3.11. The van der Waals surface area contributed by atoms with Crippen LogP contribution in [0.3, 0.4) is 0 Å². The lowest BCUT2D eigenvalue weighted by molar-refractivity contribution is 0.105. The molecule has 0 amide bonds. The Kier molecular flexibility index (Phi) is 3.98. The van der Waals surface area contributed by atoms with Gasteiger partial charge in [-0.25, -0.2) is 0 Å². The molecule has 2 atom stereocenters. The van der Waals surface area contributed by atoms with Crippen LogP contribution in [-0.4, -0.2) is 24.4 Å². The SMILES string of the molecule is CC1OCCC1CNCc1ccc(CO)o1. The lowest BCUT2D eigenvalue weighted by Crippen LogP contribution is -2.26. The molecule has 4 heteroatoms. The summed E-state index contributed by atoms with van der Waals surface area (Å²) in [5, 5.41) is 12.2. The number of rotatable bonds is 5. The third kappa shape index (κ3) is 2.84. The van der Waals surface area contributed by atoms with Gasteiger partial charge in [-0.3, -0.25) is 0 Å². The molecule has 1 fully saturated rings. The van der Waals surface area contributed by atoms with Crippen molar-refractivity contribution in [1.29, 1.82) is 0 Å². The van der Waals surface area contributed by atoms with E-state index >= 15 is 0 Å². The van der Waals surface area contributed by atoms with Crippen molar-refractivity contribution in [1.82, 2.24) is 5.32 Å². The van der Waals surface area contributed by atoms with Crippen molar-refractivity contribution < 1.29 is 14.3 Å². The average molecular weight is 225 g/mol. The second-order valence-corrected chi connectivity index (χ2v) is 4.28. The smallest absolute Gasteiger partial charge is 0.129 e. The summed E-state index contributed by atoms with van der Waals surface area (Å²) in [6, 6.07) is 3.70. The Hall–Kier alpha value is -0.840. The average Bonchev–Trinajstić information content (AvgIpc) is 2.89. The van der Waals surface area contributed by atoms with Crippen molar-refractivity contribution in [3.63, 3.8) is 0 Å². The van der Waals surface area contributed by atoms with Crippen LogP contribution >= 0.6 is 0 Å². The molecule has 0 radical (unpaired) electrons. The zero-order valence-electron chi connectivity index (χ0n) is 9.61. The highest BCUT2D eigenvalue weighted by Crippen LogP contribution is 2.19. The highest BCUT2D eigenvalue weighted by atomic mass is 16.5. The molecule has 0 bridgehead atoms. The van der Waals surface area contributed by atoms with Gasteiger partial charge in [0.1, 0.15) is 18.1 Å². The Morgan fingerprint density at radius 2 is 2.25 bits per heavy atom. The van der Waals surface area contributed by atoms with Crippen molar-refractivity contribution >= 4 is 0 Å². The van der Waals surface area contributed by atoms with E-state index in [1.807, 2.05) is 6.07 Å². The van der Waals surface area contributed by atoms with Crippen LogP contribution in [0.15, 0.2) is 16.5 Å². The van der Waals surface area contributed by atoms with E-state index in [4.69, 9.17) is 14.3 Å². The minimum absolute atomic E-state index is 0.0342. The molecule has 0 aliphatic carbocycles. The van der Waals surface area contributed by atoms with Crippen molar-refractivity contribution in [2.24, 2.45) is 5.92 Å². The molecule has 1 aromatic heterocycles. The normalized spacial score (nSPS) is 25.1. The Balaban J connectivity index is 1.71. The molecule has 0 aromatic carbocycles. The van der Waals surface area contributed by atoms with Crippen molar-refractivity contribution in [3.8, 4) is 0 Å². The molecule has 90 valence electrons. The first-order chi connectivity index (χ1) is 7.79. The van der Waals surface area contributed by atoms with Gasteiger partial charge in [0, 0.05) is 13.2 Å². The van der Waals surface area contributed by atoms with E-state index in [0.717, 1.165) is 25.3 Å². The molecule has 2 rings (SSSR count). The number of furan rings is 1. The maximum absolute atomic E-state index is 8.85. The fourth-order valence-electron chi connectivity index (χ4n) is 2.03. The number of ether oxygens (including phenoxy) is 1. The molecule has 4 nitrogen and oxygen atoms in total. The first-order valence-electron chi connectivity index (χ1n) is 5.80.